The van der Waals surface area contributed by atoms with Crippen LogP contribution in [0.25, 0.3) is 0 Å². The zero-order chi connectivity index (χ0) is 11.0. The summed E-state index contributed by atoms with van der Waals surface area (Å²) in [5, 5.41) is 0. The molecule has 0 rings (SSSR count). The molecule has 1 radical (unpaired) electrons. The molecule has 3 nitrogen and oxygen atoms in total. The maximum atomic E-state index is 13.0. The van der Waals surface area contributed by atoms with Crippen molar-refractivity contribution in [2.24, 2.45) is 0 Å². The second-order valence-electron chi connectivity index (χ2n) is 3.39. The molecular weight excluding hydrogens is 205 g/mol. The van der Waals surface area contributed by atoms with Crippen LogP contribution in [-0.4, -0.2) is 20.7 Å². The van der Waals surface area contributed by atoms with Crippen molar-refractivity contribution in [2.75, 3.05) is 12.3 Å². The predicted molar refractivity (Wildman–Crippen MR) is 56.3 cm³/mol. The molecule has 0 heterocycles. The Morgan fingerprint density at radius 1 is 1.07 bits per heavy atom. The van der Waals surface area contributed by atoms with E-state index in [0.717, 1.165) is 19.3 Å². The Morgan fingerprint density at radius 2 is 1.71 bits per heavy atom. The Kier molecular flexibility index (Phi) is 7.09. The molecule has 5 heteroatoms. The van der Waals surface area contributed by atoms with E-state index in [2.05, 4.69) is 6.92 Å². The van der Waals surface area contributed by atoms with Gasteiger partial charge in [-0.1, -0.05) is 26.7 Å². The Labute approximate surface area is 86.3 Å². The third-order valence-electron chi connectivity index (χ3n) is 1.95. The second kappa shape index (κ2) is 7.17. The van der Waals surface area contributed by atoms with Crippen molar-refractivity contribution in [1.29, 1.82) is 0 Å². The number of halogens is 1. The summed E-state index contributed by atoms with van der Waals surface area (Å²) in [6.45, 7) is 3.78. The molecule has 85 valence electrons. The highest BCUT2D eigenvalue weighted by molar-refractivity contribution is 7.89. The van der Waals surface area contributed by atoms with Crippen molar-refractivity contribution in [3.8, 4) is 0 Å². The Hall–Kier alpha value is -0.160. The minimum absolute atomic E-state index is 0.00231. The van der Waals surface area contributed by atoms with E-state index < -0.39 is 10.0 Å². The van der Waals surface area contributed by atoms with Gasteiger partial charge in [-0.25, -0.2) is 0 Å². The van der Waals surface area contributed by atoms with E-state index in [1.807, 2.05) is 0 Å². The smallest absolute Gasteiger partial charge is 0.165 e. The average molecular weight is 225 g/mol. The van der Waals surface area contributed by atoms with Gasteiger partial charge in [-0.2, -0.15) is 8.42 Å². The molecule has 0 aliphatic rings. The van der Waals surface area contributed by atoms with E-state index in [1.165, 1.54) is 0 Å². The molecule has 0 aliphatic heterocycles. The lowest BCUT2D eigenvalue weighted by atomic mass is 10.2. The molecule has 0 aromatic rings. The van der Waals surface area contributed by atoms with Gasteiger partial charge in [-0.05, 0) is 12.8 Å². The molecule has 0 saturated heterocycles. The van der Waals surface area contributed by atoms with E-state index in [0.29, 0.717) is 12.8 Å². The monoisotopic (exact) mass is 225 g/mol. The third-order valence-corrected chi connectivity index (χ3v) is 3.66. The zero-order valence-electron chi connectivity index (χ0n) is 9.00. The van der Waals surface area contributed by atoms with E-state index in [4.69, 9.17) is 0 Å². The van der Waals surface area contributed by atoms with Crippen molar-refractivity contribution >= 4 is 10.0 Å². The van der Waals surface area contributed by atoms with Gasteiger partial charge in [0.2, 0.25) is 0 Å². The largest absolute Gasteiger partial charge is 0.381 e. The van der Waals surface area contributed by atoms with Crippen LogP contribution in [0.2, 0.25) is 0 Å². The van der Waals surface area contributed by atoms with Crippen LogP contribution in [0, 0.1) is 0 Å². The van der Waals surface area contributed by atoms with E-state index in [-0.39, 0.29) is 16.8 Å². The Morgan fingerprint density at radius 3 is 2.21 bits per heavy atom. The first-order chi connectivity index (χ1) is 6.54. The van der Waals surface area contributed by atoms with Gasteiger partial charge < -0.3 is 0 Å². The molecule has 0 unspecified atom stereocenters. The Balaban J connectivity index is 3.78. The van der Waals surface area contributed by atoms with Gasteiger partial charge >= 0.3 is 10.0 Å². The number of hydrogen-bond acceptors (Lipinski definition) is 2. The molecule has 0 fully saturated rings. The number of rotatable bonds is 8. The van der Waals surface area contributed by atoms with Crippen LogP contribution in [0.4, 0.5) is 4.48 Å². The summed E-state index contributed by atoms with van der Waals surface area (Å²) in [5.41, 5.74) is 0. The standard InChI is InChI=1S/C9H20FNO2S/c1-3-5-6-7-8-11(10)14(12,13)9-4-2/h3-9H2,1-2H3/q+1. The number of nitrogens with zero attached hydrogens (tertiary/aromatic N) is 1. The second-order valence-corrected chi connectivity index (χ2v) is 5.36. The van der Waals surface area contributed by atoms with Gasteiger partial charge in [0.25, 0.3) is 0 Å². The van der Waals surface area contributed by atoms with Crippen LogP contribution in [-0.2, 0) is 10.0 Å². The summed E-state index contributed by atoms with van der Waals surface area (Å²) in [6.07, 6.45) is 4.04. The number of sulfonamides is 1. The fourth-order valence-electron chi connectivity index (χ4n) is 1.16. The van der Waals surface area contributed by atoms with Crippen LogP contribution in [0.5, 0.6) is 0 Å². The highest BCUT2D eigenvalue weighted by Crippen LogP contribution is 2.05. The van der Waals surface area contributed by atoms with Crippen molar-refractivity contribution < 1.29 is 12.9 Å². The molecule has 0 bridgehead atoms. The molecule has 0 spiro atoms. The first-order valence-corrected chi connectivity index (χ1v) is 6.81. The van der Waals surface area contributed by atoms with Crippen molar-refractivity contribution in [3.63, 3.8) is 0 Å². The maximum absolute atomic E-state index is 13.0. The molecule has 14 heavy (non-hydrogen) atoms. The summed E-state index contributed by atoms with van der Waals surface area (Å²) in [5.74, 6) is -0.0999. The molecule has 0 amide bonds. The van der Waals surface area contributed by atoms with E-state index in [1.54, 1.807) is 6.92 Å². The summed E-state index contributed by atoms with van der Waals surface area (Å²) in [4.78, 5) is 0. The fourth-order valence-corrected chi connectivity index (χ4v) is 2.28. The normalized spacial score (nSPS) is 12.3. The minimum atomic E-state index is -3.63. The van der Waals surface area contributed by atoms with Gasteiger partial charge in [-0.15, -0.1) is 0 Å². The summed E-state index contributed by atoms with van der Waals surface area (Å²) in [6, 6.07) is 0. The van der Waals surface area contributed by atoms with E-state index >= 15 is 0 Å². The Bertz CT molecular complexity index is 229. The van der Waals surface area contributed by atoms with Crippen molar-refractivity contribution in [1.82, 2.24) is 4.53 Å². The van der Waals surface area contributed by atoms with Crippen LogP contribution in [0.1, 0.15) is 46.0 Å². The minimum Gasteiger partial charge on any atom is -0.165 e. The van der Waals surface area contributed by atoms with Crippen LogP contribution in [0.15, 0.2) is 0 Å². The van der Waals surface area contributed by atoms with Gasteiger partial charge in [0.1, 0.15) is 5.75 Å². The predicted octanol–water partition coefficient (Wildman–Crippen LogP) is 2.33. The SMILES string of the molecule is CCCCCC[N+](F)S(=O)(=O)CCC. The lowest BCUT2D eigenvalue weighted by Gasteiger charge is -1.99. The molecule has 0 aromatic carbocycles. The first-order valence-electron chi connectivity index (χ1n) is 5.20. The van der Waals surface area contributed by atoms with Crippen LogP contribution in [0.3, 0.4) is 0 Å². The topological polar surface area (TPSA) is 40.0 Å². The first kappa shape index (κ1) is 13.8. The molecule has 0 saturated carbocycles. The van der Waals surface area contributed by atoms with Gasteiger partial charge in [0, 0.05) is 6.42 Å². The maximum Gasteiger partial charge on any atom is 0.381 e. The van der Waals surface area contributed by atoms with Gasteiger partial charge in [-0.3, -0.25) is 0 Å². The molecular formula is C9H20FNO2S+. The number of hydrogen-bond donors (Lipinski definition) is 0. The van der Waals surface area contributed by atoms with Crippen molar-refractivity contribution in [3.05, 3.63) is 0 Å². The lowest BCUT2D eigenvalue weighted by Crippen LogP contribution is -2.31. The third kappa shape index (κ3) is 5.54. The van der Waals surface area contributed by atoms with Crippen molar-refractivity contribution in [2.45, 2.75) is 46.0 Å². The van der Waals surface area contributed by atoms with Gasteiger partial charge in [0.05, 0.1) is 4.48 Å². The zero-order valence-corrected chi connectivity index (χ0v) is 9.82. The highest BCUT2D eigenvalue weighted by Gasteiger charge is 2.32. The molecule has 0 N–H and O–H groups in total. The number of unbranched alkanes of at least 4 members (excludes halogenated alkanes) is 3. The fraction of sp³-hybridized carbons (Fsp3) is 1.00. The average Bonchev–Trinajstić information content (AvgIpc) is 2.12. The summed E-state index contributed by atoms with van der Waals surface area (Å²) >= 11 is 0. The molecule has 0 atom stereocenters. The van der Waals surface area contributed by atoms with E-state index in [9.17, 15) is 12.9 Å². The van der Waals surface area contributed by atoms with Crippen LogP contribution >= 0.6 is 0 Å². The molecule has 0 aliphatic carbocycles. The van der Waals surface area contributed by atoms with Crippen LogP contribution < -0.4 is 4.53 Å². The van der Waals surface area contributed by atoms with Gasteiger partial charge in [0.15, 0.2) is 11.1 Å². The summed E-state index contributed by atoms with van der Waals surface area (Å²) in [7, 11) is -3.63. The summed E-state index contributed by atoms with van der Waals surface area (Å²) < 4.78 is 35.3. The highest BCUT2D eigenvalue weighted by atomic mass is 32.2. The quantitative estimate of drug-likeness (QED) is 0.470. The lowest BCUT2D eigenvalue weighted by molar-refractivity contribution is 0.244. The molecule has 0 aromatic heterocycles.